The van der Waals surface area contributed by atoms with Gasteiger partial charge in [0.1, 0.15) is 29.9 Å². The second-order valence-electron chi connectivity index (χ2n) is 11.9. The molecule has 2 aromatic heterocycles. The summed E-state index contributed by atoms with van der Waals surface area (Å²) in [5.41, 5.74) is 2.59. The summed E-state index contributed by atoms with van der Waals surface area (Å²) in [7, 11) is -4.10. The lowest BCUT2D eigenvalue weighted by atomic mass is 9.97. The third-order valence-electron chi connectivity index (χ3n) is 7.74. The number of unbranched alkanes of at least 4 members (excludes halogenated alkanes) is 1. The Bertz CT molecular complexity index is 2230. The molecule has 0 radical (unpaired) electrons. The first-order chi connectivity index (χ1) is 26.3. The number of aryl methyl sites for hydroxylation is 2. The fourth-order valence-electron chi connectivity index (χ4n) is 5.08. The average molecular weight is 773 g/mol. The van der Waals surface area contributed by atoms with Crippen molar-refractivity contribution < 1.29 is 47.2 Å². The zero-order valence-electron chi connectivity index (χ0n) is 29.8. The highest BCUT2D eigenvalue weighted by molar-refractivity contribution is 7.48. The zero-order valence-corrected chi connectivity index (χ0v) is 30.7. The van der Waals surface area contributed by atoms with Crippen LogP contribution >= 0.6 is 7.82 Å². The highest BCUT2D eigenvalue weighted by Gasteiger charge is 2.28. The number of rotatable bonds is 20. The molecule has 2 heterocycles. The van der Waals surface area contributed by atoms with Gasteiger partial charge in [0.25, 0.3) is 11.5 Å². The van der Waals surface area contributed by atoms with Crippen molar-refractivity contribution >= 4 is 48.3 Å². The highest BCUT2D eigenvalue weighted by atomic mass is 31.2. The van der Waals surface area contributed by atoms with Crippen molar-refractivity contribution in [3.8, 4) is 25.1 Å². The van der Waals surface area contributed by atoms with E-state index in [1.807, 2.05) is 0 Å². The maximum absolute atomic E-state index is 13.0. The Morgan fingerprint density at radius 3 is 2.40 bits per heavy atom. The SMILES string of the molecule is C#COP(=O)(OC#C)OCCCCOC(=O)c1ccc(C)cc1CC(=O)CC[C@H](NC(=O)c1ccc(NCc2cnc3nc(C)[nH]c(=O)c3n2)cc1)C(=O)O. The molecule has 0 unspecified atom stereocenters. The van der Waals surface area contributed by atoms with E-state index >= 15 is 0 Å². The van der Waals surface area contributed by atoms with Crippen molar-refractivity contribution in [3.05, 3.63) is 92.8 Å². The molecule has 0 spiro atoms. The summed E-state index contributed by atoms with van der Waals surface area (Å²) in [6, 6.07) is 9.77. The van der Waals surface area contributed by atoms with Crippen molar-refractivity contribution in [1.29, 1.82) is 0 Å². The number of Topliss-reactive ketones (excluding diaryl/α,β-unsaturated/α-hetero) is 1. The molecule has 0 fully saturated rings. The number of hydrogen-bond donors (Lipinski definition) is 4. The van der Waals surface area contributed by atoms with Gasteiger partial charge in [0.15, 0.2) is 11.2 Å². The molecule has 0 aliphatic heterocycles. The minimum atomic E-state index is -4.10. The van der Waals surface area contributed by atoms with Gasteiger partial charge < -0.3 is 34.5 Å². The third-order valence-corrected chi connectivity index (χ3v) is 8.90. The van der Waals surface area contributed by atoms with E-state index in [-0.39, 0.29) is 73.5 Å². The van der Waals surface area contributed by atoms with Crippen LogP contribution in [0.3, 0.4) is 0 Å². The van der Waals surface area contributed by atoms with Crippen LogP contribution in [0.4, 0.5) is 5.69 Å². The molecule has 4 rings (SSSR count). The van der Waals surface area contributed by atoms with Gasteiger partial charge in [-0.2, -0.15) is 0 Å². The van der Waals surface area contributed by atoms with Crippen LogP contribution in [-0.4, -0.2) is 67.9 Å². The fraction of sp³-hybridized carbons (Fsp3) is 0.297. The van der Waals surface area contributed by atoms with Crippen LogP contribution < -0.4 is 16.2 Å². The summed E-state index contributed by atoms with van der Waals surface area (Å²) >= 11 is 0. The molecule has 1 atom stereocenters. The van der Waals surface area contributed by atoms with Crippen molar-refractivity contribution in [2.75, 3.05) is 18.5 Å². The number of amides is 1. The number of carbonyl (C=O) groups is 4. The van der Waals surface area contributed by atoms with Gasteiger partial charge in [-0.15, -0.1) is 0 Å². The van der Waals surface area contributed by atoms with Crippen LogP contribution in [0.5, 0.6) is 0 Å². The van der Waals surface area contributed by atoms with Gasteiger partial charge in [0.05, 0.1) is 37.2 Å². The predicted octanol–water partition coefficient (Wildman–Crippen LogP) is 3.99. The fourth-order valence-corrected chi connectivity index (χ4v) is 5.83. The maximum Gasteiger partial charge on any atom is 0.604 e. The van der Waals surface area contributed by atoms with Crippen LogP contribution in [0.15, 0.2) is 53.5 Å². The quantitative estimate of drug-likeness (QED) is 0.0430. The van der Waals surface area contributed by atoms with E-state index in [9.17, 15) is 33.6 Å². The number of aliphatic carboxylic acids is 1. The van der Waals surface area contributed by atoms with Crippen LogP contribution in [-0.2, 0) is 45.4 Å². The molecule has 1 amide bonds. The normalized spacial score (nSPS) is 11.4. The van der Waals surface area contributed by atoms with E-state index in [1.165, 1.54) is 24.4 Å². The van der Waals surface area contributed by atoms with E-state index in [2.05, 4.69) is 39.6 Å². The van der Waals surface area contributed by atoms with Crippen LogP contribution in [0.2, 0.25) is 0 Å². The molecule has 2 aromatic carbocycles. The summed E-state index contributed by atoms with van der Waals surface area (Å²) in [4.78, 5) is 78.2. The number of phosphoric acid groups is 1. The lowest BCUT2D eigenvalue weighted by Gasteiger charge is -2.15. The summed E-state index contributed by atoms with van der Waals surface area (Å²) in [6.45, 7) is 3.51. The van der Waals surface area contributed by atoms with E-state index < -0.39 is 37.3 Å². The van der Waals surface area contributed by atoms with Crippen molar-refractivity contribution in [3.63, 3.8) is 0 Å². The number of aromatic nitrogens is 4. The topological polar surface area (TPSA) is 238 Å². The minimum Gasteiger partial charge on any atom is -0.480 e. The first kappa shape index (κ1) is 41.2. The number of fused-ring (bicyclic) bond motifs is 1. The second-order valence-corrected chi connectivity index (χ2v) is 13.5. The standard InChI is InChI=1S/C37H37N6O11P/c1-5-52-55(50,53-6-2)54-18-8-7-17-51-37(49)30-15-9-23(3)19-26(30)20-29(44)14-16-31(36(47)48)43-34(45)25-10-12-27(13-11-25)38-21-28-22-39-33-32(42-28)35(46)41-24(4)40-33/h1-2,9-13,15,19,22,31,38H,7-8,14,16-18,20-21H2,3-4H3,(H,43,45)(H,47,48)(H,39,40,41,46)/t31-/m0/s1. The highest BCUT2D eigenvalue weighted by Crippen LogP contribution is 2.48. The number of aromatic amines is 1. The minimum absolute atomic E-state index is 0.0272. The Kier molecular flexibility index (Phi) is 14.6. The van der Waals surface area contributed by atoms with E-state index in [0.29, 0.717) is 29.2 Å². The maximum atomic E-state index is 13.0. The Morgan fingerprint density at radius 1 is 1.00 bits per heavy atom. The smallest absolute Gasteiger partial charge is 0.480 e. The van der Waals surface area contributed by atoms with E-state index in [1.54, 1.807) is 50.3 Å². The number of carbonyl (C=O) groups excluding carboxylic acids is 3. The molecule has 0 aliphatic carbocycles. The van der Waals surface area contributed by atoms with Crippen LogP contribution in [0.1, 0.15) is 69.0 Å². The molecule has 4 aromatic rings. The Morgan fingerprint density at radius 2 is 1.71 bits per heavy atom. The molecule has 0 bridgehead atoms. The molecule has 18 heteroatoms. The number of carboxylic acids is 1. The number of nitrogens with zero attached hydrogens (tertiary/aromatic N) is 3. The van der Waals surface area contributed by atoms with Crippen molar-refractivity contribution in [1.82, 2.24) is 25.3 Å². The third kappa shape index (κ3) is 12.3. The van der Waals surface area contributed by atoms with Crippen LogP contribution in [0.25, 0.3) is 11.2 Å². The van der Waals surface area contributed by atoms with Gasteiger partial charge in [0, 0.05) is 24.1 Å². The van der Waals surface area contributed by atoms with Gasteiger partial charge in [-0.05, 0) is 69.0 Å². The lowest BCUT2D eigenvalue weighted by Crippen LogP contribution is -2.41. The first-order valence-corrected chi connectivity index (χ1v) is 18.2. The van der Waals surface area contributed by atoms with Crippen molar-refractivity contribution in [2.24, 2.45) is 0 Å². The van der Waals surface area contributed by atoms with E-state index in [0.717, 1.165) is 5.56 Å². The van der Waals surface area contributed by atoms with Gasteiger partial charge in [-0.25, -0.2) is 29.1 Å². The number of esters is 1. The number of nitrogens with one attached hydrogen (secondary N) is 3. The number of terminal acetylenes is 2. The summed E-state index contributed by atoms with van der Waals surface area (Å²) in [6.07, 6.45) is 14.8. The Labute approximate surface area is 315 Å². The number of ether oxygens (including phenoxy) is 1. The molecular weight excluding hydrogens is 735 g/mol. The van der Waals surface area contributed by atoms with Crippen molar-refractivity contribution in [2.45, 2.75) is 58.5 Å². The van der Waals surface area contributed by atoms with Gasteiger partial charge >= 0.3 is 19.8 Å². The number of anilines is 1. The molecule has 0 saturated carbocycles. The first-order valence-electron chi connectivity index (χ1n) is 16.7. The zero-order chi connectivity index (χ0) is 40.0. The molecule has 0 saturated heterocycles. The number of ketones is 1. The number of phosphoric ester groups is 1. The molecule has 286 valence electrons. The molecular formula is C37H37N6O11P. The van der Waals surface area contributed by atoms with Gasteiger partial charge in [-0.1, -0.05) is 30.5 Å². The summed E-state index contributed by atoms with van der Waals surface area (Å²) in [5, 5.41) is 15.4. The Balaban J connectivity index is 1.25. The molecule has 55 heavy (non-hydrogen) atoms. The average Bonchev–Trinajstić information content (AvgIpc) is 3.14. The summed E-state index contributed by atoms with van der Waals surface area (Å²) in [5.74, 6) is -2.58. The Hall–Kier alpha value is -6.55. The number of benzene rings is 2. The summed E-state index contributed by atoms with van der Waals surface area (Å²) < 4.78 is 31.3. The predicted molar refractivity (Wildman–Crippen MR) is 197 cm³/mol. The second kappa shape index (κ2) is 19.5. The van der Waals surface area contributed by atoms with E-state index in [4.69, 9.17) is 22.1 Å². The largest absolute Gasteiger partial charge is 0.604 e. The lowest BCUT2D eigenvalue weighted by molar-refractivity contribution is -0.139. The number of H-pyrrole nitrogens is 1. The molecule has 0 aliphatic rings. The molecule has 4 N–H and O–H groups in total. The number of carboxylic acid groups (broad SMARTS) is 1. The number of hydrogen-bond acceptors (Lipinski definition) is 14. The molecule has 17 nitrogen and oxygen atoms in total. The van der Waals surface area contributed by atoms with Gasteiger partial charge in [-0.3, -0.25) is 18.9 Å². The van der Waals surface area contributed by atoms with Crippen LogP contribution in [0, 0.1) is 38.9 Å². The monoisotopic (exact) mass is 772 g/mol. The van der Waals surface area contributed by atoms with Gasteiger partial charge in [0.2, 0.25) is 0 Å².